The zero-order valence-electron chi connectivity index (χ0n) is 9.22. The van der Waals surface area contributed by atoms with Crippen molar-refractivity contribution < 1.29 is 0 Å². The molecule has 0 unspecified atom stereocenters. The van der Waals surface area contributed by atoms with Crippen LogP contribution in [0.5, 0.6) is 0 Å². The van der Waals surface area contributed by atoms with Crippen LogP contribution in [0.1, 0.15) is 0 Å². The maximum atomic E-state index is 5.42. The molecule has 16 heavy (non-hydrogen) atoms. The molecule has 5 nitrogen and oxygen atoms in total. The number of aryl methyl sites for hydroxylation is 1. The Morgan fingerprint density at radius 3 is 3.00 bits per heavy atom. The van der Waals surface area contributed by atoms with Crippen LogP contribution in [0.3, 0.4) is 0 Å². The fourth-order valence-corrected chi connectivity index (χ4v) is 1.47. The third-order valence-corrected chi connectivity index (χ3v) is 2.25. The highest BCUT2D eigenvalue weighted by Crippen LogP contribution is 2.18. The second-order valence-corrected chi connectivity index (χ2v) is 3.57. The van der Waals surface area contributed by atoms with E-state index in [1.165, 1.54) is 0 Å². The Morgan fingerprint density at radius 1 is 1.44 bits per heavy atom. The first kappa shape index (κ1) is 10.6. The molecule has 2 rings (SSSR count). The predicted octanol–water partition coefficient (Wildman–Crippen LogP) is 0.853. The van der Waals surface area contributed by atoms with Crippen molar-refractivity contribution in [3.05, 3.63) is 30.9 Å². The second-order valence-electron chi connectivity index (χ2n) is 3.57. The monoisotopic (exact) mass is 217 g/mol. The standard InChI is InChI=1S/C11H15N5/c1-16-5-2-9(7-16)10-6-11(13-4-3-12)15-8-14-10/h2,5-8H,3-4,12H2,1H3,(H,13,14,15). The fourth-order valence-electron chi connectivity index (χ4n) is 1.47. The Labute approximate surface area is 94.3 Å². The zero-order valence-corrected chi connectivity index (χ0v) is 9.22. The van der Waals surface area contributed by atoms with Crippen molar-refractivity contribution in [2.75, 3.05) is 18.4 Å². The van der Waals surface area contributed by atoms with E-state index in [-0.39, 0.29) is 0 Å². The second kappa shape index (κ2) is 4.76. The molecular formula is C11H15N5. The number of aromatic nitrogens is 3. The summed E-state index contributed by atoms with van der Waals surface area (Å²) in [6.07, 6.45) is 5.57. The molecule has 0 spiro atoms. The molecule has 0 aliphatic rings. The van der Waals surface area contributed by atoms with Crippen molar-refractivity contribution >= 4 is 5.82 Å². The molecule has 0 amide bonds. The Balaban J connectivity index is 2.22. The zero-order chi connectivity index (χ0) is 11.4. The van der Waals surface area contributed by atoms with Gasteiger partial charge >= 0.3 is 0 Å². The molecule has 0 aliphatic carbocycles. The molecule has 3 N–H and O–H groups in total. The van der Waals surface area contributed by atoms with Gasteiger partial charge in [0.25, 0.3) is 0 Å². The van der Waals surface area contributed by atoms with Gasteiger partial charge in [0.2, 0.25) is 0 Å². The summed E-state index contributed by atoms with van der Waals surface area (Å²) in [5.41, 5.74) is 7.42. The van der Waals surface area contributed by atoms with Crippen molar-refractivity contribution in [1.82, 2.24) is 14.5 Å². The van der Waals surface area contributed by atoms with Crippen molar-refractivity contribution in [2.45, 2.75) is 0 Å². The third kappa shape index (κ3) is 2.38. The number of hydrogen-bond donors (Lipinski definition) is 2. The van der Waals surface area contributed by atoms with Crippen LogP contribution in [-0.4, -0.2) is 27.6 Å². The minimum atomic E-state index is 0.588. The highest BCUT2D eigenvalue weighted by molar-refractivity contribution is 5.61. The van der Waals surface area contributed by atoms with Gasteiger partial charge in [-0.3, -0.25) is 0 Å². The van der Waals surface area contributed by atoms with Gasteiger partial charge < -0.3 is 15.6 Å². The molecule has 0 saturated heterocycles. The summed E-state index contributed by atoms with van der Waals surface area (Å²) in [5, 5.41) is 3.13. The smallest absolute Gasteiger partial charge is 0.129 e. The Morgan fingerprint density at radius 2 is 2.31 bits per heavy atom. The van der Waals surface area contributed by atoms with E-state index in [9.17, 15) is 0 Å². The minimum absolute atomic E-state index is 0.588. The van der Waals surface area contributed by atoms with Crippen molar-refractivity contribution in [3.8, 4) is 11.3 Å². The largest absolute Gasteiger partial charge is 0.369 e. The van der Waals surface area contributed by atoms with E-state index < -0.39 is 0 Å². The SMILES string of the molecule is Cn1ccc(-c2cc(NCCN)ncn2)c1. The van der Waals surface area contributed by atoms with Crippen LogP contribution in [0.2, 0.25) is 0 Å². The summed E-state index contributed by atoms with van der Waals surface area (Å²) < 4.78 is 1.99. The minimum Gasteiger partial charge on any atom is -0.369 e. The molecule has 0 aromatic carbocycles. The number of nitrogens with one attached hydrogen (secondary N) is 1. The summed E-state index contributed by atoms with van der Waals surface area (Å²) in [5.74, 6) is 0.805. The van der Waals surface area contributed by atoms with Gasteiger partial charge in [0, 0.05) is 44.2 Å². The van der Waals surface area contributed by atoms with E-state index in [1.54, 1.807) is 6.33 Å². The topological polar surface area (TPSA) is 68.8 Å². The van der Waals surface area contributed by atoms with Crippen molar-refractivity contribution in [1.29, 1.82) is 0 Å². The highest BCUT2D eigenvalue weighted by atomic mass is 15.0. The summed E-state index contributed by atoms with van der Waals surface area (Å²) in [7, 11) is 1.98. The van der Waals surface area contributed by atoms with E-state index in [2.05, 4.69) is 15.3 Å². The molecule has 0 fully saturated rings. The molecule has 2 aromatic rings. The Kier molecular flexibility index (Phi) is 3.16. The number of hydrogen-bond acceptors (Lipinski definition) is 4. The lowest BCUT2D eigenvalue weighted by Crippen LogP contribution is -2.13. The molecular weight excluding hydrogens is 202 g/mol. The van der Waals surface area contributed by atoms with Gasteiger partial charge in [-0.05, 0) is 6.07 Å². The van der Waals surface area contributed by atoms with Crippen LogP contribution < -0.4 is 11.1 Å². The van der Waals surface area contributed by atoms with Gasteiger partial charge in [0.05, 0.1) is 5.69 Å². The van der Waals surface area contributed by atoms with Gasteiger partial charge in [-0.1, -0.05) is 0 Å². The Hall–Kier alpha value is -1.88. The first-order valence-corrected chi connectivity index (χ1v) is 5.18. The van der Waals surface area contributed by atoms with E-state index in [0.29, 0.717) is 13.1 Å². The molecule has 0 aliphatic heterocycles. The van der Waals surface area contributed by atoms with Crippen LogP contribution >= 0.6 is 0 Å². The molecule has 2 heterocycles. The number of anilines is 1. The molecule has 5 heteroatoms. The quantitative estimate of drug-likeness (QED) is 0.796. The maximum Gasteiger partial charge on any atom is 0.129 e. The van der Waals surface area contributed by atoms with Crippen molar-refractivity contribution in [3.63, 3.8) is 0 Å². The molecule has 84 valence electrons. The summed E-state index contributed by atoms with van der Waals surface area (Å²) >= 11 is 0. The predicted molar refractivity (Wildman–Crippen MR) is 64.0 cm³/mol. The van der Waals surface area contributed by atoms with E-state index >= 15 is 0 Å². The van der Waals surface area contributed by atoms with Crippen LogP contribution in [-0.2, 0) is 7.05 Å². The van der Waals surface area contributed by atoms with Crippen LogP contribution in [0.25, 0.3) is 11.3 Å². The number of nitrogens with two attached hydrogens (primary N) is 1. The van der Waals surface area contributed by atoms with Gasteiger partial charge in [-0.15, -0.1) is 0 Å². The molecule has 0 radical (unpaired) electrons. The van der Waals surface area contributed by atoms with E-state index in [4.69, 9.17) is 5.73 Å². The van der Waals surface area contributed by atoms with Crippen molar-refractivity contribution in [2.24, 2.45) is 12.8 Å². The average Bonchev–Trinajstić information content (AvgIpc) is 2.74. The lowest BCUT2D eigenvalue weighted by Gasteiger charge is -2.04. The van der Waals surface area contributed by atoms with Gasteiger partial charge in [0.1, 0.15) is 12.1 Å². The first-order valence-electron chi connectivity index (χ1n) is 5.18. The van der Waals surface area contributed by atoms with Gasteiger partial charge in [0.15, 0.2) is 0 Å². The summed E-state index contributed by atoms with van der Waals surface area (Å²) in [4.78, 5) is 8.36. The summed E-state index contributed by atoms with van der Waals surface area (Å²) in [6, 6.07) is 3.94. The summed E-state index contributed by atoms with van der Waals surface area (Å²) in [6.45, 7) is 1.30. The highest BCUT2D eigenvalue weighted by Gasteiger charge is 2.02. The first-order chi connectivity index (χ1) is 7.79. The van der Waals surface area contributed by atoms with Gasteiger partial charge in [-0.25, -0.2) is 9.97 Å². The lowest BCUT2D eigenvalue weighted by molar-refractivity contribution is 0.928. The molecule has 0 saturated carbocycles. The molecule has 0 atom stereocenters. The molecule has 2 aromatic heterocycles. The Bertz CT molecular complexity index is 463. The normalized spacial score (nSPS) is 10.4. The average molecular weight is 217 g/mol. The lowest BCUT2D eigenvalue weighted by atomic mass is 10.2. The van der Waals surface area contributed by atoms with Gasteiger partial charge in [-0.2, -0.15) is 0 Å². The maximum absolute atomic E-state index is 5.42. The van der Waals surface area contributed by atoms with Crippen LogP contribution in [0, 0.1) is 0 Å². The molecule has 0 bridgehead atoms. The van der Waals surface area contributed by atoms with E-state index in [1.807, 2.05) is 36.1 Å². The fraction of sp³-hybridized carbons (Fsp3) is 0.273. The van der Waals surface area contributed by atoms with Crippen LogP contribution in [0.15, 0.2) is 30.9 Å². The number of rotatable bonds is 4. The van der Waals surface area contributed by atoms with Crippen LogP contribution in [0.4, 0.5) is 5.82 Å². The number of nitrogens with zero attached hydrogens (tertiary/aromatic N) is 3. The third-order valence-electron chi connectivity index (χ3n) is 2.25. The van der Waals surface area contributed by atoms with E-state index in [0.717, 1.165) is 17.1 Å².